The zero-order chi connectivity index (χ0) is 20.1. The van der Waals surface area contributed by atoms with Crippen LogP contribution in [0.5, 0.6) is 0 Å². The summed E-state index contributed by atoms with van der Waals surface area (Å²) in [5.74, 6) is 0.263. The Bertz CT molecular complexity index is 949. The van der Waals surface area contributed by atoms with Gasteiger partial charge in [0, 0.05) is 25.0 Å². The van der Waals surface area contributed by atoms with Gasteiger partial charge in [-0.2, -0.15) is 15.0 Å². The number of rotatable bonds is 4. The van der Waals surface area contributed by atoms with E-state index >= 15 is 0 Å². The number of para-hydroxylation sites is 1. The Hall–Kier alpha value is -3.43. The molecule has 0 bridgehead atoms. The Balaban J connectivity index is 1.79. The summed E-state index contributed by atoms with van der Waals surface area (Å²) in [5, 5.41) is 3.39. The molecule has 9 nitrogen and oxygen atoms in total. The van der Waals surface area contributed by atoms with E-state index in [2.05, 4.69) is 19.9 Å². The molecule has 0 spiro atoms. The predicted molar refractivity (Wildman–Crippen MR) is 108 cm³/mol. The maximum absolute atomic E-state index is 13.9. The van der Waals surface area contributed by atoms with Crippen molar-refractivity contribution in [3.63, 3.8) is 0 Å². The molecular weight excluding hydrogens is 370 g/mol. The highest BCUT2D eigenvalue weighted by Gasteiger charge is 2.32. The Labute approximate surface area is 168 Å². The van der Waals surface area contributed by atoms with Crippen LogP contribution in [0.25, 0.3) is 0 Å². The van der Waals surface area contributed by atoms with Gasteiger partial charge in [0.1, 0.15) is 12.7 Å². The van der Waals surface area contributed by atoms with Crippen molar-refractivity contribution in [1.29, 1.82) is 0 Å². The van der Waals surface area contributed by atoms with E-state index in [-0.39, 0.29) is 12.0 Å². The van der Waals surface area contributed by atoms with Gasteiger partial charge in [-0.1, -0.05) is 18.2 Å². The predicted octanol–water partition coefficient (Wildman–Crippen LogP) is 2.59. The molecule has 29 heavy (non-hydrogen) atoms. The molecule has 4 rings (SSSR count). The fourth-order valence-electron chi connectivity index (χ4n) is 3.14. The zero-order valence-electron chi connectivity index (χ0n) is 16.0. The summed E-state index contributed by atoms with van der Waals surface area (Å²) in [6.07, 6.45) is 4.45. The molecule has 148 valence electrons. The minimum absolute atomic E-state index is 0.263. The number of aryl methyl sites for hydroxylation is 1. The summed E-state index contributed by atoms with van der Waals surface area (Å²) in [6.45, 7) is 4.04. The highest BCUT2D eigenvalue weighted by atomic mass is 16.5. The van der Waals surface area contributed by atoms with Crippen molar-refractivity contribution in [3.05, 3.63) is 67.0 Å². The third kappa shape index (κ3) is 4.20. The van der Waals surface area contributed by atoms with Crippen molar-refractivity contribution in [2.24, 2.45) is 0 Å². The summed E-state index contributed by atoms with van der Waals surface area (Å²) in [4.78, 5) is 32.1. The van der Waals surface area contributed by atoms with Gasteiger partial charge in [-0.25, -0.2) is 14.8 Å². The van der Waals surface area contributed by atoms with Gasteiger partial charge in [0.15, 0.2) is 0 Å². The number of carbonyl (C=O) groups is 1. The Morgan fingerprint density at radius 3 is 2.41 bits per heavy atom. The number of nitrogens with zero attached hydrogens (tertiary/aromatic N) is 7. The van der Waals surface area contributed by atoms with E-state index in [0.717, 1.165) is 11.4 Å². The van der Waals surface area contributed by atoms with Crippen molar-refractivity contribution in [3.8, 4) is 0 Å². The molecule has 1 aliphatic rings. The van der Waals surface area contributed by atoms with Gasteiger partial charge in [0.25, 0.3) is 5.95 Å². The zero-order valence-corrected chi connectivity index (χ0v) is 16.0. The molecule has 2 aromatic heterocycles. The van der Waals surface area contributed by atoms with E-state index in [4.69, 9.17) is 4.74 Å². The summed E-state index contributed by atoms with van der Waals surface area (Å²) >= 11 is 0. The van der Waals surface area contributed by atoms with Crippen LogP contribution in [-0.4, -0.2) is 57.3 Å². The number of urea groups is 1. The number of carbonyl (C=O) groups excluding carboxylic acids is 1. The topological polar surface area (TPSA) is 87.6 Å². The molecule has 0 aliphatic carbocycles. The molecule has 2 amide bonds. The molecule has 9 heteroatoms. The molecule has 3 heterocycles. The highest BCUT2D eigenvalue weighted by molar-refractivity contribution is 6.07. The number of ether oxygens (including phenoxy) is 1. The number of hydrogen-bond donors (Lipinski definition) is 0. The van der Waals surface area contributed by atoms with Gasteiger partial charge >= 0.3 is 6.03 Å². The summed E-state index contributed by atoms with van der Waals surface area (Å²) in [5.41, 5.74) is 2.26. The number of morpholine rings is 1. The highest BCUT2D eigenvalue weighted by Crippen LogP contribution is 2.28. The van der Waals surface area contributed by atoms with Gasteiger partial charge in [-0.15, -0.1) is 0 Å². The fraction of sp³-hybridized carbons (Fsp3) is 0.250. The molecule has 1 aliphatic heterocycles. The van der Waals surface area contributed by atoms with Gasteiger partial charge in [-0.3, -0.25) is 9.88 Å². The second-order valence-corrected chi connectivity index (χ2v) is 6.43. The van der Waals surface area contributed by atoms with Gasteiger partial charge in [0.05, 0.1) is 24.6 Å². The van der Waals surface area contributed by atoms with E-state index in [9.17, 15) is 4.79 Å². The number of anilines is 3. The van der Waals surface area contributed by atoms with Gasteiger partial charge < -0.3 is 4.74 Å². The van der Waals surface area contributed by atoms with Crippen molar-refractivity contribution in [1.82, 2.24) is 24.9 Å². The monoisotopic (exact) mass is 391 g/mol. The molecule has 0 N–H and O–H groups in total. The molecular formula is C20H21N7O2. The van der Waals surface area contributed by atoms with Crippen molar-refractivity contribution < 1.29 is 9.53 Å². The van der Waals surface area contributed by atoms with Gasteiger partial charge in [-0.05, 0) is 31.2 Å². The normalized spacial score (nSPS) is 14.4. The van der Waals surface area contributed by atoms with E-state index in [1.807, 2.05) is 54.4 Å². The maximum Gasteiger partial charge on any atom is 0.351 e. The van der Waals surface area contributed by atoms with Crippen LogP contribution in [0.3, 0.4) is 0 Å². The van der Waals surface area contributed by atoms with Crippen LogP contribution in [0.2, 0.25) is 0 Å². The average molecular weight is 391 g/mol. The maximum atomic E-state index is 13.9. The third-order valence-corrected chi connectivity index (χ3v) is 4.46. The number of pyridine rings is 1. The SMILES string of the molecule is Cc1cc(N(C(=O)N(c2ncncn2)N2CCOCC2)c2ccccc2)ccn1. The van der Waals surface area contributed by atoms with Crippen LogP contribution < -0.4 is 9.91 Å². The molecule has 1 fully saturated rings. The van der Waals surface area contributed by atoms with E-state index in [1.165, 1.54) is 17.7 Å². The molecule has 3 aromatic rings. The minimum Gasteiger partial charge on any atom is -0.379 e. The third-order valence-electron chi connectivity index (χ3n) is 4.46. The molecule has 0 atom stereocenters. The first-order valence-electron chi connectivity index (χ1n) is 9.30. The molecule has 1 aromatic carbocycles. The first kappa shape index (κ1) is 18.9. The fourth-order valence-corrected chi connectivity index (χ4v) is 3.14. The van der Waals surface area contributed by atoms with Gasteiger partial charge in [0.2, 0.25) is 0 Å². The smallest absolute Gasteiger partial charge is 0.351 e. The lowest BCUT2D eigenvalue weighted by atomic mass is 10.2. The van der Waals surface area contributed by atoms with E-state index in [1.54, 1.807) is 11.1 Å². The number of benzene rings is 1. The van der Waals surface area contributed by atoms with Crippen LogP contribution >= 0.6 is 0 Å². The van der Waals surface area contributed by atoms with Crippen LogP contribution in [0.1, 0.15) is 5.69 Å². The molecule has 0 unspecified atom stereocenters. The Morgan fingerprint density at radius 2 is 1.72 bits per heavy atom. The first-order chi connectivity index (χ1) is 14.2. The number of hydrazine groups is 1. The summed E-state index contributed by atoms with van der Waals surface area (Å²) < 4.78 is 5.46. The average Bonchev–Trinajstić information content (AvgIpc) is 2.76. The summed E-state index contributed by atoms with van der Waals surface area (Å²) in [7, 11) is 0. The van der Waals surface area contributed by atoms with E-state index in [0.29, 0.717) is 32.0 Å². The van der Waals surface area contributed by atoms with Crippen LogP contribution in [0.4, 0.5) is 22.1 Å². The summed E-state index contributed by atoms with van der Waals surface area (Å²) in [6, 6.07) is 12.9. The first-order valence-corrected chi connectivity index (χ1v) is 9.30. The molecule has 0 saturated carbocycles. The van der Waals surface area contributed by atoms with E-state index < -0.39 is 0 Å². The Kier molecular flexibility index (Phi) is 5.68. The quantitative estimate of drug-likeness (QED) is 0.675. The van der Waals surface area contributed by atoms with Crippen LogP contribution in [0, 0.1) is 6.92 Å². The lowest BCUT2D eigenvalue weighted by Gasteiger charge is -2.38. The van der Waals surface area contributed by atoms with Crippen molar-refractivity contribution in [2.45, 2.75) is 6.92 Å². The second-order valence-electron chi connectivity index (χ2n) is 6.43. The van der Waals surface area contributed by atoms with Crippen molar-refractivity contribution >= 4 is 23.4 Å². The number of hydrogen-bond acceptors (Lipinski definition) is 7. The second kappa shape index (κ2) is 8.72. The standard InChI is InChI=1S/C20H21N7O2/c1-16-13-18(7-8-22-16)26(17-5-3-2-4-6-17)20(28)27(19-23-14-21-15-24-19)25-9-11-29-12-10-25/h2-8,13-15H,9-12H2,1H3. The number of amides is 2. The largest absolute Gasteiger partial charge is 0.379 e. The van der Waals surface area contributed by atoms with Crippen LogP contribution in [0.15, 0.2) is 61.3 Å². The lowest BCUT2D eigenvalue weighted by Crippen LogP contribution is -2.56. The van der Waals surface area contributed by atoms with Crippen LogP contribution in [-0.2, 0) is 4.74 Å². The minimum atomic E-state index is -0.296. The number of aromatic nitrogens is 4. The molecule has 0 radical (unpaired) electrons. The van der Waals surface area contributed by atoms with Crippen molar-refractivity contribution in [2.75, 3.05) is 36.2 Å². The Morgan fingerprint density at radius 1 is 1.00 bits per heavy atom. The lowest BCUT2D eigenvalue weighted by molar-refractivity contribution is 0.0357. The molecule has 1 saturated heterocycles.